The summed E-state index contributed by atoms with van der Waals surface area (Å²) in [6.45, 7) is 2.52. The first kappa shape index (κ1) is 14.2. The Morgan fingerprint density at radius 1 is 1.30 bits per heavy atom. The number of phenolic OH excluding ortho intramolecular Hbond substituents is 1. The second kappa shape index (κ2) is 4.78. The molecule has 23 heavy (non-hydrogen) atoms. The molecule has 1 fully saturated rings. The van der Waals surface area contributed by atoms with Gasteiger partial charge >= 0.3 is 0 Å². The number of imidazole rings is 1. The Labute approximate surface area is 131 Å². The highest BCUT2D eigenvalue weighted by Crippen LogP contribution is 2.36. The fraction of sp³-hybridized carbons (Fsp3) is 0.375. The maximum Gasteiger partial charge on any atom is 0.291 e. The Balaban J connectivity index is 1.81. The number of nitrogens with zero attached hydrogens (tertiary/aromatic N) is 3. The number of carbonyl (C=O) groups is 1. The van der Waals surface area contributed by atoms with Crippen molar-refractivity contribution in [3.63, 3.8) is 0 Å². The van der Waals surface area contributed by atoms with Crippen molar-refractivity contribution in [1.29, 1.82) is 0 Å². The predicted molar refractivity (Wildman–Crippen MR) is 77.7 cm³/mol. The zero-order valence-electron chi connectivity index (χ0n) is 12.5. The van der Waals surface area contributed by atoms with Gasteiger partial charge in [-0.25, -0.2) is 13.8 Å². The molecule has 2 aromatic rings. The van der Waals surface area contributed by atoms with Crippen LogP contribution >= 0.6 is 0 Å². The van der Waals surface area contributed by atoms with E-state index < -0.39 is 17.4 Å². The van der Waals surface area contributed by atoms with Gasteiger partial charge in [-0.05, 0) is 25.7 Å². The van der Waals surface area contributed by atoms with E-state index in [4.69, 9.17) is 0 Å². The number of phenols is 1. The van der Waals surface area contributed by atoms with Crippen LogP contribution in [0.3, 0.4) is 0 Å². The Hall–Kier alpha value is -2.44. The Kier molecular flexibility index (Phi) is 2.94. The molecule has 0 bridgehead atoms. The van der Waals surface area contributed by atoms with Crippen molar-refractivity contribution >= 4 is 5.91 Å². The van der Waals surface area contributed by atoms with Gasteiger partial charge in [-0.1, -0.05) is 0 Å². The van der Waals surface area contributed by atoms with Gasteiger partial charge < -0.3 is 14.6 Å². The van der Waals surface area contributed by atoms with E-state index in [1.807, 2.05) is 0 Å². The number of aryl methyl sites for hydroxylation is 1. The number of halogens is 2. The minimum Gasteiger partial charge on any atom is -0.508 e. The molecule has 1 saturated carbocycles. The summed E-state index contributed by atoms with van der Waals surface area (Å²) in [6, 6.07) is 1.72. The first-order chi connectivity index (χ1) is 11.0. The summed E-state index contributed by atoms with van der Waals surface area (Å²) >= 11 is 0. The molecule has 0 radical (unpaired) electrons. The first-order valence-corrected chi connectivity index (χ1v) is 7.50. The van der Waals surface area contributed by atoms with Gasteiger partial charge in [0.25, 0.3) is 5.91 Å². The summed E-state index contributed by atoms with van der Waals surface area (Å²) in [5.74, 6) is -1.69. The molecule has 1 amide bonds. The smallest absolute Gasteiger partial charge is 0.291 e. The third kappa shape index (κ3) is 2.18. The number of hydrogen-bond donors (Lipinski definition) is 1. The summed E-state index contributed by atoms with van der Waals surface area (Å²) in [7, 11) is 0. The van der Waals surface area contributed by atoms with Crippen LogP contribution in [0.25, 0.3) is 11.3 Å². The van der Waals surface area contributed by atoms with Crippen LogP contribution in [0.4, 0.5) is 8.78 Å². The molecule has 1 aromatic carbocycles. The van der Waals surface area contributed by atoms with Gasteiger partial charge in [0.15, 0.2) is 0 Å². The number of carbonyl (C=O) groups excluding carboxylic acids is 1. The molecule has 0 atom stereocenters. The highest BCUT2D eigenvalue weighted by molar-refractivity contribution is 5.94. The van der Waals surface area contributed by atoms with Crippen molar-refractivity contribution in [1.82, 2.24) is 14.5 Å². The predicted octanol–water partition coefficient (Wildman–Crippen LogP) is 2.67. The molecule has 7 heteroatoms. The van der Waals surface area contributed by atoms with Crippen LogP contribution in [-0.4, -0.2) is 32.0 Å². The number of rotatable bonds is 3. The third-order valence-corrected chi connectivity index (χ3v) is 4.37. The molecule has 5 nitrogen and oxygen atoms in total. The lowest BCUT2D eigenvalue weighted by Crippen LogP contribution is -2.27. The van der Waals surface area contributed by atoms with Gasteiger partial charge in [-0.15, -0.1) is 0 Å². The summed E-state index contributed by atoms with van der Waals surface area (Å²) in [5, 5.41) is 9.30. The molecule has 120 valence electrons. The quantitative estimate of drug-likeness (QED) is 0.946. The zero-order chi connectivity index (χ0) is 16.3. The molecular formula is C16H15F2N3O2. The zero-order valence-corrected chi connectivity index (χ0v) is 12.5. The van der Waals surface area contributed by atoms with E-state index in [2.05, 4.69) is 4.98 Å². The van der Waals surface area contributed by atoms with Crippen LogP contribution in [-0.2, 0) is 6.67 Å². The lowest BCUT2D eigenvalue weighted by molar-refractivity contribution is 0.0758. The Bertz CT molecular complexity index is 804. The molecule has 0 unspecified atom stereocenters. The monoisotopic (exact) mass is 319 g/mol. The fourth-order valence-electron chi connectivity index (χ4n) is 3.11. The number of aromatic nitrogens is 2. The van der Waals surface area contributed by atoms with Gasteiger partial charge in [-0.2, -0.15) is 0 Å². The number of hydrogen-bond acceptors (Lipinski definition) is 3. The van der Waals surface area contributed by atoms with Gasteiger partial charge in [0.1, 0.15) is 17.4 Å². The van der Waals surface area contributed by atoms with E-state index in [1.165, 1.54) is 0 Å². The molecule has 1 aliphatic carbocycles. The van der Waals surface area contributed by atoms with E-state index in [1.54, 1.807) is 16.4 Å². The van der Waals surface area contributed by atoms with Crippen LogP contribution in [0.1, 0.15) is 29.2 Å². The SMILES string of the molecule is Cc1nc2n(c1-c1c(F)cc(O)cc1F)CN(CC1CC1)C2=O. The van der Waals surface area contributed by atoms with Crippen LogP contribution < -0.4 is 0 Å². The molecule has 2 heterocycles. The highest BCUT2D eigenvalue weighted by atomic mass is 19.1. The molecule has 1 aliphatic heterocycles. The minimum absolute atomic E-state index is 0.203. The summed E-state index contributed by atoms with van der Waals surface area (Å²) in [5.41, 5.74) is 0.379. The molecule has 1 aromatic heterocycles. The summed E-state index contributed by atoms with van der Waals surface area (Å²) < 4.78 is 29.9. The summed E-state index contributed by atoms with van der Waals surface area (Å²) in [6.07, 6.45) is 2.22. The van der Waals surface area contributed by atoms with Crippen LogP contribution in [0.5, 0.6) is 5.75 Å². The molecule has 4 rings (SSSR count). The molecule has 2 aliphatic rings. The molecule has 0 saturated heterocycles. The maximum atomic E-state index is 14.2. The number of amides is 1. The topological polar surface area (TPSA) is 58.4 Å². The van der Waals surface area contributed by atoms with Crippen molar-refractivity contribution in [2.75, 3.05) is 6.54 Å². The number of aromatic hydroxyl groups is 1. The average molecular weight is 319 g/mol. The molecule has 1 N–H and O–H groups in total. The van der Waals surface area contributed by atoms with E-state index >= 15 is 0 Å². The van der Waals surface area contributed by atoms with Gasteiger partial charge in [0, 0.05) is 18.7 Å². The maximum absolute atomic E-state index is 14.2. The standard InChI is InChI=1S/C16H15F2N3O2/c1-8-14(13-11(17)4-10(22)5-12(13)18)21-7-20(6-9-2-3-9)16(23)15(21)19-8/h4-5,9,22H,2-3,6-7H2,1H3. The van der Waals surface area contributed by atoms with Crippen molar-refractivity contribution in [3.8, 4) is 17.0 Å². The minimum atomic E-state index is -0.874. The fourth-order valence-corrected chi connectivity index (χ4v) is 3.11. The molecular weight excluding hydrogens is 304 g/mol. The number of benzene rings is 1. The van der Waals surface area contributed by atoms with E-state index in [-0.39, 0.29) is 29.7 Å². The van der Waals surface area contributed by atoms with Crippen LogP contribution in [0.15, 0.2) is 12.1 Å². The van der Waals surface area contributed by atoms with Gasteiger partial charge in [0.05, 0.1) is 23.6 Å². The Morgan fingerprint density at radius 2 is 1.96 bits per heavy atom. The van der Waals surface area contributed by atoms with Crippen molar-refractivity contribution < 1.29 is 18.7 Å². The van der Waals surface area contributed by atoms with Crippen LogP contribution in [0, 0.1) is 24.5 Å². The van der Waals surface area contributed by atoms with Crippen molar-refractivity contribution in [3.05, 3.63) is 35.3 Å². The number of fused-ring (bicyclic) bond motifs is 1. The summed E-state index contributed by atoms with van der Waals surface area (Å²) in [4.78, 5) is 18.3. The van der Waals surface area contributed by atoms with E-state index in [0.717, 1.165) is 25.0 Å². The van der Waals surface area contributed by atoms with Gasteiger partial charge in [-0.3, -0.25) is 4.79 Å². The van der Waals surface area contributed by atoms with Crippen molar-refractivity contribution in [2.24, 2.45) is 5.92 Å². The molecule has 0 spiro atoms. The van der Waals surface area contributed by atoms with Crippen LogP contribution in [0.2, 0.25) is 0 Å². The van der Waals surface area contributed by atoms with Gasteiger partial charge in [0.2, 0.25) is 5.82 Å². The lowest BCUT2D eigenvalue weighted by atomic mass is 10.1. The van der Waals surface area contributed by atoms with E-state index in [9.17, 15) is 18.7 Å². The van der Waals surface area contributed by atoms with Crippen molar-refractivity contribution in [2.45, 2.75) is 26.4 Å². The second-order valence-electron chi connectivity index (χ2n) is 6.19. The van der Waals surface area contributed by atoms with E-state index in [0.29, 0.717) is 18.2 Å². The Morgan fingerprint density at radius 3 is 2.57 bits per heavy atom. The average Bonchev–Trinajstić information content (AvgIpc) is 3.16. The largest absolute Gasteiger partial charge is 0.508 e. The normalized spacial score (nSPS) is 17.0. The third-order valence-electron chi connectivity index (χ3n) is 4.37. The second-order valence-corrected chi connectivity index (χ2v) is 6.19. The first-order valence-electron chi connectivity index (χ1n) is 7.50. The highest BCUT2D eigenvalue weighted by Gasteiger charge is 2.37. The lowest BCUT2D eigenvalue weighted by Gasteiger charge is -2.16.